The quantitative estimate of drug-likeness (QED) is 0.217. The van der Waals surface area contributed by atoms with Gasteiger partial charge in [-0.15, -0.1) is 10.2 Å². The molecular weight excluding hydrogens is 430 g/mol. The number of amidine groups is 1. The van der Waals surface area contributed by atoms with Crippen molar-refractivity contribution in [2.75, 3.05) is 10.6 Å². The Balaban J connectivity index is 1.78. The zero-order chi connectivity index (χ0) is 24.7. The van der Waals surface area contributed by atoms with Crippen molar-refractivity contribution in [3.05, 3.63) is 71.8 Å². The van der Waals surface area contributed by atoms with Crippen LogP contribution in [0, 0.1) is 0 Å². The molecule has 0 saturated heterocycles. The first kappa shape index (κ1) is 23.9. The van der Waals surface area contributed by atoms with Gasteiger partial charge in [0.2, 0.25) is 5.96 Å². The van der Waals surface area contributed by atoms with Crippen molar-refractivity contribution in [2.24, 2.45) is 37.6 Å². The van der Waals surface area contributed by atoms with Gasteiger partial charge in [-0.2, -0.15) is 10.2 Å². The van der Waals surface area contributed by atoms with E-state index in [4.69, 9.17) is 17.2 Å². The van der Waals surface area contributed by atoms with E-state index in [9.17, 15) is 4.79 Å². The second-order valence-corrected chi connectivity index (χ2v) is 7.50. The van der Waals surface area contributed by atoms with Crippen LogP contribution in [0.25, 0.3) is 10.8 Å². The van der Waals surface area contributed by atoms with E-state index in [1.54, 1.807) is 19.1 Å². The zero-order valence-corrected chi connectivity index (χ0v) is 19.2. The van der Waals surface area contributed by atoms with Gasteiger partial charge in [0.05, 0.1) is 17.1 Å². The minimum atomic E-state index is -0.370. The number of benzene rings is 3. The van der Waals surface area contributed by atoms with Crippen LogP contribution in [0.3, 0.4) is 0 Å². The van der Waals surface area contributed by atoms with Crippen LogP contribution in [0.5, 0.6) is 0 Å². The number of nitrogens with zero attached hydrogens (tertiary/aromatic N) is 4. The molecule has 2 amide bonds. The van der Waals surface area contributed by atoms with Gasteiger partial charge >= 0.3 is 6.03 Å². The molecule has 0 aliphatic heterocycles. The minimum absolute atomic E-state index is 0.117. The lowest BCUT2D eigenvalue weighted by atomic mass is 10.00. The smallest absolute Gasteiger partial charge is 0.323 e. The summed E-state index contributed by atoms with van der Waals surface area (Å²) in [6.07, 6.45) is 0. The predicted molar refractivity (Wildman–Crippen MR) is 141 cm³/mol. The lowest BCUT2D eigenvalue weighted by Gasteiger charge is -2.13. The number of anilines is 2. The third-order valence-electron chi connectivity index (χ3n) is 4.80. The van der Waals surface area contributed by atoms with Crippen molar-refractivity contribution in [2.45, 2.75) is 20.8 Å². The van der Waals surface area contributed by atoms with Crippen LogP contribution < -0.4 is 27.8 Å². The molecule has 34 heavy (non-hydrogen) atoms. The maximum atomic E-state index is 12.7. The summed E-state index contributed by atoms with van der Waals surface area (Å²) in [5, 5.41) is 23.2. The van der Waals surface area contributed by atoms with E-state index in [1.807, 2.05) is 62.4 Å². The van der Waals surface area contributed by atoms with E-state index in [0.29, 0.717) is 28.6 Å². The van der Waals surface area contributed by atoms with Crippen molar-refractivity contribution >= 4 is 51.4 Å². The van der Waals surface area contributed by atoms with Crippen LogP contribution in [0.2, 0.25) is 0 Å². The van der Waals surface area contributed by atoms with Crippen LogP contribution >= 0.6 is 0 Å². The number of nitrogens with two attached hydrogens (primary N) is 3. The highest BCUT2D eigenvalue weighted by Crippen LogP contribution is 2.27. The van der Waals surface area contributed by atoms with Gasteiger partial charge in [0.15, 0.2) is 0 Å². The summed E-state index contributed by atoms with van der Waals surface area (Å²) >= 11 is 0. The fourth-order valence-electron chi connectivity index (χ4n) is 3.20. The SMILES string of the molecule is CC(N)=N/N=C(/C)c1ccc(NC(=O)Nc2ccc(/C(C)=N/N=C(N)N)c3ccccc23)cc1. The monoisotopic (exact) mass is 457 g/mol. The van der Waals surface area contributed by atoms with Gasteiger partial charge in [-0.05, 0) is 49.9 Å². The molecule has 3 rings (SSSR count). The van der Waals surface area contributed by atoms with Gasteiger partial charge in [0, 0.05) is 16.6 Å². The summed E-state index contributed by atoms with van der Waals surface area (Å²) in [7, 11) is 0. The summed E-state index contributed by atoms with van der Waals surface area (Å²) in [6, 6.07) is 18.3. The Bertz CT molecular complexity index is 1310. The lowest BCUT2D eigenvalue weighted by Crippen LogP contribution is -2.22. The Morgan fingerprint density at radius 1 is 0.706 bits per heavy atom. The summed E-state index contributed by atoms with van der Waals surface area (Å²) in [4.78, 5) is 12.7. The first-order valence-corrected chi connectivity index (χ1v) is 10.4. The van der Waals surface area contributed by atoms with Gasteiger partial charge in [-0.1, -0.05) is 42.5 Å². The molecule has 0 aliphatic carbocycles. The van der Waals surface area contributed by atoms with E-state index < -0.39 is 0 Å². The fraction of sp³-hybridized carbons (Fsp3) is 0.125. The molecule has 0 atom stereocenters. The van der Waals surface area contributed by atoms with Crippen molar-refractivity contribution in [3.8, 4) is 0 Å². The number of guanidine groups is 1. The van der Waals surface area contributed by atoms with Crippen molar-refractivity contribution in [3.63, 3.8) is 0 Å². The van der Waals surface area contributed by atoms with Crippen molar-refractivity contribution < 1.29 is 4.79 Å². The second-order valence-electron chi connectivity index (χ2n) is 7.50. The highest BCUT2D eigenvalue weighted by molar-refractivity contribution is 6.14. The number of nitrogens with one attached hydrogen (secondary N) is 2. The third-order valence-corrected chi connectivity index (χ3v) is 4.80. The number of hydrogen-bond acceptors (Lipinski definition) is 5. The fourth-order valence-corrected chi connectivity index (χ4v) is 3.20. The molecule has 0 aromatic heterocycles. The molecule has 0 heterocycles. The molecule has 0 aliphatic rings. The molecule has 0 radical (unpaired) electrons. The standard InChI is InChI=1S/C24H27N9O/c1-14(30-32-16(3)25)17-8-10-18(11-9-17)28-24(34)29-22-13-12-19(15(2)31-33-23(26)27)20-6-4-5-7-21(20)22/h4-13H,1-3H3,(H2,25,32)(H4,26,27,33)(H2,28,29,34)/b30-14-,31-15+. The molecule has 174 valence electrons. The van der Waals surface area contributed by atoms with Crippen molar-refractivity contribution in [1.82, 2.24) is 0 Å². The van der Waals surface area contributed by atoms with E-state index in [1.165, 1.54) is 0 Å². The van der Waals surface area contributed by atoms with E-state index in [-0.39, 0.29) is 12.0 Å². The maximum Gasteiger partial charge on any atom is 0.323 e. The van der Waals surface area contributed by atoms with Crippen LogP contribution in [0.4, 0.5) is 16.2 Å². The topological polar surface area (TPSA) is 169 Å². The third kappa shape index (κ3) is 6.16. The molecule has 10 heteroatoms. The largest absolute Gasteiger partial charge is 0.386 e. The molecule has 8 N–H and O–H groups in total. The normalized spacial score (nSPS) is 12.4. The van der Waals surface area contributed by atoms with Gasteiger partial charge in [-0.3, -0.25) is 0 Å². The Morgan fingerprint density at radius 2 is 1.35 bits per heavy atom. The lowest BCUT2D eigenvalue weighted by molar-refractivity contribution is 0.262. The highest BCUT2D eigenvalue weighted by Gasteiger charge is 2.11. The zero-order valence-electron chi connectivity index (χ0n) is 19.2. The van der Waals surface area contributed by atoms with Crippen molar-refractivity contribution in [1.29, 1.82) is 0 Å². The number of carbonyl (C=O) groups excluding carboxylic acids is 1. The van der Waals surface area contributed by atoms with Crippen LogP contribution in [0.15, 0.2) is 81.1 Å². The molecule has 0 spiro atoms. The molecule has 0 bridgehead atoms. The number of amides is 2. The molecule has 0 saturated carbocycles. The molecule has 10 nitrogen and oxygen atoms in total. The van der Waals surface area contributed by atoms with Crippen LogP contribution in [-0.2, 0) is 0 Å². The molecule has 3 aromatic rings. The number of carbonyl (C=O) groups is 1. The summed E-state index contributed by atoms with van der Waals surface area (Å²) in [5.74, 6) is 0.263. The van der Waals surface area contributed by atoms with Gasteiger partial charge in [0.25, 0.3) is 0 Å². The second kappa shape index (κ2) is 10.7. The number of fused-ring (bicyclic) bond motifs is 1. The first-order valence-electron chi connectivity index (χ1n) is 10.4. The first-order chi connectivity index (χ1) is 16.2. The Kier molecular flexibility index (Phi) is 7.55. The predicted octanol–water partition coefficient (Wildman–Crippen LogP) is 3.58. The van der Waals surface area contributed by atoms with Gasteiger partial charge in [0.1, 0.15) is 5.84 Å². The number of hydrogen-bond donors (Lipinski definition) is 5. The van der Waals surface area contributed by atoms with Gasteiger partial charge in [-0.25, -0.2) is 4.79 Å². The average Bonchev–Trinajstić information content (AvgIpc) is 2.81. The van der Waals surface area contributed by atoms with Crippen LogP contribution in [-0.4, -0.2) is 29.2 Å². The maximum absolute atomic E-state index is 12.7. The highest BCUT2D eigenvalue weighted by atomic mass is 16.2. The van der Waals surface area contributed by atoms with Crippen LogP contribution in [0.1, 0.15) is 31.9 Å². The Hall–Kier alpha value is -4.73. The van der Waals surface area contributed by atoms with E-state index in [2.05, 4.69) is 31.0 Å². The molecule has 0 fully saturated rings. The molecular formula is C24H27N9O. The number of rotatable bonds is 6. The van der Waals surface area contributed by atoms with Gasteiger partial charge < -0.3 is 27.8 Å². The minimum Gasteiger partial charge on any atom is -0.386 e. The summed E-state index contributed by atoms with van der Waals surface area (Å²) < 4.78 is 0. The van der Waals surface area contributed by atoms with E-state index in [0.717, 1.165) is 21.9 Å². The Labute approximate surface area is 197 Å². The molecule has 3 aromatic carbocycles. The Morgan fingerprint density at radius 3 is 2.00 bits per heavy atom. The summed E-state index contributed by atoms with van der Waals surface area (Å²) in [6.45, 7) is 5.31. The van der Waals surface area contributed by atoms with E-state index >= 15 is 0 Å². The molecule has 0 unspecified atom stereocenters. The summed E-state index contributed by atoms with van der Waals surface area (Å²) in [5.41, 5.74) is 20.6. The number of urea groups is 1. The average molecular weight is 458 g/mol.